The van der Waals surface area contributed by atoms with Gasteiger partial charge >= 0.3 is 0 Å². The molecule has 0 atom stereocenters. The maximum atomic E-state index is 12.6. The van der Waals surface area contributed by atoms with Crippen molar-refractivity contribution < 1.29 is 4.79 Å². The van der Waals surface area contributed by atoms with Gasteiger partial charge in [-0.1, -0.05) is 6.92 Å². The van der Waals surface area contributed by atoms with Crippen LogP contribution >= 0.6 is 15.9 Å². The fraction of sp³-hybridized carbons (Fsp3) is 0.643. The summed E-state index contributed by atoms with van der Waals surface area (Å²) < 4.78 is 3.04. The zero-order valence-corrected chi connectivity index (χ0v) is 13.3. The molecule has 2 heterocycles. The van der Waals surface area contributed by atoms with Crippen LogP contribution in [-0.4, -0.2) is 53.5 Å². The minimum absolute atomic E-state index is 0.162. The molecule has 0 unspecified atom stereocenters. The zero-order chi connectivity index (χ0) is 13.8. The summed E-state index contributed by atoms with van der Waals surface area (Å²) in [6, 6.07) is 1.94. The van der Waals surface area contributed by atoms with Gasteiger partial charge in [0.05, 0.1) is 0 Å². The van der Waals surface area contributed by atoms with Crippen LogP contribution in [0.5, 0.6) is 0 Å². The molecule has 1 aliphatic heterocycles. The van der Waals surface area contributed by atoms with E-state index in [0.29, 0.717) is 0 Å². The number of rotatable bonds is 3. The average molecular weight is 328 g/mol. The van der Waals surface area contributed by atoms with Crippen molar-refractivity contribution in [3.05, 3.63) is 22.4 Å². The van der Waals surface area contributed by atoms with Crippen LogP contribution < -0.4 is 0 Å². The van der Waals surface area contributed by atoms with Gasteiger partial charge in [-0.25, -0.2) is 0 Å². The number of carbonyl (C=O) groups excluding carboxylic acids is 1. The van der Waals surface area contributed by atoms with Gasteiger partial charge in [0.25, 0.3) is 5.91 Å². The quantitative estimate of drug-likeness (QED) is 0.853. The molecule has 1 aromatic heterocycles. The number of amides is 1. The first-order valence-electron chi connectivity index (χ1n) is 6.95. The highest BCUT2D eigenvalue weighted by Gasteiger charge is 2.21. The number of carbonyl (C=O) groups is 1. The van der Waals surface area contributed by atoms with E-state index in [0.717, 1.165) is 55.7 Å². The number of hydrogen-bond acceptors (Lipinski definition) is 2. The SMILES string of the molecule is CCCn1cc(Br)cc1C(=O)N1CCCN(C)CC1. The third-order valence-corrected chi connectivity index (χ3v) is 3.99. The van der Waals surface area contributed by atoms with Gasteiger partial charge in [-0.15, -0.1) is 0 Å². The van der Waals surface area contributed by atoms with Gasteiger partial charge in [0.2, 0.25) is 0 Å². The molecule has 1 aromatic rings. The van der Waals surface area contributed by atoms with Gasteiger partial charge in [-0.05, 0) is 48.4 Å². The van der Waals surface area contributed by atoms with Crippen LogP contribution in [0.1, 0.15) is 30.3 Å². The molecule has 2 rings (SSSR count). The zero-order valence-electron chi connectivity index (χ0n) is 11.7. The summed E-state index contributed by atoms with van der Waals surface area (Å²) in [5.74, 6) is 0.162. The third-order valence-electron chi connectivity index (χ3n) is 3.55. The monoisotopic (exact) mass is 327 g/mol. The molecule has 4 nitrogen and oxygen atoms in total. The molecule has 1 amide bonds. The largest absolute Gasteiger partial charge is 0.342 e. The van der Waals surface area contributed by atoms with E-state index in [4.69, 9.17) is 0 Å². The van der Waals surface area contributed by atoms with Crippen molar-refractivity contribution in [2.45, 2.75) is 26.3 Å². The molecule has 1 aliphatic rings. The Hall–Kier alpha value is -0.810. The lowest BCUT2D eigenvalue weighted by Crippen LogP contribution is -2.35. The topological polar surface area (TPSA) is 28.5 Å². The standard InChI is InChI=1S/C14H22BrN3O/c1-3-5-18-11-12(15)10-13(18)14(19)17-7-4-6-16(2)8-9-17/h10-11H,3-9H2,1-2H3. The van der Waals surface area contributed by atoms with E-state index in [2.05, 4.69) is 39.4 Å². The molecule has 19 heavy (non-hydrogen) atoms. The van der Waals surface area contributed by atoms with Crippen molar-refractivity contribution in [1.29, 1.82) is 0 Å². The lowest BCUT2D eigenvalue weighted by atomic mass is 10.3. The Morgan fingerprint density at radius 1 is 1.32 bits per heavy atom. The molecule has 0 saturated carbocycles. The lowest BCUT2D eigenvalue weighted by molar-refractivity contribution is 0.0752. The molecule has 0 aliphatic carbocycles. The van der Waals surface area contributed by atoms with Crippen molar-refractivity contribution in [1.82, 2.24) is 14.4 Å². The minimum atomic E-state index is 0.162. The Balaban J connectivity index is 2.14. The van der Waals surface area contributed by atoms with Crippen LogP contribution in [0.25, 0.3) is 0 Å². The lowest BCUT2D eigenvalue weighted by Gasteiger charge is -2.21. The summed E-state index contributed by atoms with van der Waals surface area (Å²) in [5.41, 5.74) is 0.804. The number of halogens is 1. The van der Waals surface area contributed by atoms with E-state index in [1.165, 1.54) is 0 Å². The van der Waals surface area contributed by atoms with E-state index in [1.54, 1.807) is 0 Å². The first-order chi connectivity index (χ1) is 9.11. The molecule has 1 fully saturated rings. The van der Waals surface area contributed by atoms with Crippen molar-refractivity contribution in [3.8, 4) is 0 Å². The molecule has 0 spiro atoms. The summed E-state index contributed by atoms with van der Waals surface area (Å²) in [6.07, 6.45) is 4.09. The van der Waals surface area contributed by atoms with Crippen LogP contribution in [0, 0.1) is 0 Å². The van der Waals surface area contributed by atoms with Crippen molar-refractivity contribution in [3.63, 3.8) is 0 Å². The Morgan fingerprint density at radius 2 is 2.11 bits per heavy atom. The summed E-state index contributed by atoms with van der Waals surface area (Å²) in [6.45, 7) is 6.73. The maximum absolute atomic E-state index is 12.6. The molecular weight excluding hydrogens is 306 g/mol. The Bertz CT molecular complexity index is 444. The highest BCUT2D eigenvalue weighted by Crippen LogP contribution is 2.18. The number of hydrogen-bond donors (Lipinski definition) is 0. The second kappa shape index (κ2) is 6.57. The molecule has 0 aromatic carbocycles. The van der Waals surface area contributed by atoms with Gasteiger partial charge in [0, 0.05) is 36.8 Å². The van der Waals surface area contributed by atoms with Crippen LogP contribution in [0.4, 0.5) is 0 Å². The Morgan fingerprint density at radius 3 is 2.84 bits per heavy atom. The molecule has 106 valence electrons. The predicted octanol–water partition coefficient (Wildman–Crippen LogP) is 2.44. The van der Waals surface area contributed by atoms with Gasteiger partial charge in [-0.3, -0.25) is 4.79 Å². The van der Waals surface area contributed by atoms with Crippen LogP contribution in [0.15, 0.2) is 16.7 Å². The Labute approximate surface area is 123 Å². The van der Waals surface area contributed by atoms with Crippen molar-refractivity contribution >= 4 is 21.8 Å². The number of likely N-dealkylation sites (N-methyl/N-ethyl adjacent to an activating group) is 1. The highest BCUT2D eigenvalue weighted by atomic mass is 79.9. The predicted molar refractivity (Wildman–Crippen MR) is 80.4 cm³/mol. The molecule has 0 radical (unpaired) electrons. The highest BCUT2D eigenvalue weighted by molar-refractivity contribution is 9.10. The first-order valence-corrected chi connectivity index (χ1v) is 7.74. The summed E-state index contributed by atoms with van der Waals surface area (Å²) in [5, 5.41) is 0. The molecular formula is C14H22BrN3O. The molecule has 1 saturated heterocycles. The van der Waals surface area contributed by atoms with E-state index >= 15 is 0 Å². The normalized spacial score (nSPS) is 17.5. The summed E-state index contributed by atoms with van der Waals surface area (Å²) >= 11 is 3.47. The minimum Gasteiger partial charge on any atom is -0.342 e. The number of aryl methyl sites for hydroxylation is 1. The smallest absolute Gasteiger partial charge is 0.270 e. The van der Waals surface area contributed by atoms with Gasteiger partial charge in [-0.2, -0.15) is 0 Å². The number of aromatic nitrogens is 1. The fourth-order valence-corrected chi connectivity index (χ4v) is 2.96. The van der Waals surface area contributed by atoms with Crippen molar-refractivity contribution in [2.75, 3.05) is 33.2 Å². The van der Waals surface area contributed by atoms with Crippen LogP contribution in [0.3, 0.4) is 0 Å². The van der Waals surface area contributed by atoms with E-state index in [1.807, 2.05) is 17.2 Å². The fourth-order valence-electron chi connectivity index (χ4n) is 2.49. The van der Waals surface area contributed by atoms with Crippen molar-refractivity contribution in [2.24, 2.45) is 0 Å². The number of nitrogens with zero attached hydrogens (tertiary/aromatic N) is 3. The van der Waals surface area contributed by atoms with Gasteiger partial charge < -0.3 is 14.4 Å². The van der Waals surface area contributed by atoms with Gasteiger partial charge in [0.15, 0.2) is 0 Å². The average Bonchev–Trinajstić information content (AvgIpc) is 2.60. The van der Waals surface area contributed by atoms with E-state index in [-0.39, 0.29) is 5.91 Å². The van der Waals surface area contributed by atoms with Gasteiger partial charge in [0.1, 0.15) is 5.69 Å². The van der Waals surface area contributed by atoms with Crippen LogP contribution in [-0.2, 0) is 6.54 Å². The second-order valence-electron chi connectivity index (χ2n) is 5.19. The molecule has 5 heteroatoms. The summed E-state index contributed by atoms with van der Waals surface area (Å²) in [7, 11) is 2.12. The first kappa shape index (κ1) is 14.6. The van der Waals surface area contributed by atoms with E-state index in [9.17, 15) is 4.79 Å². The molecule has 0 bridgehead atoms. The maximum Gasteiger partial charge on any atom is 0.270 e. The molecule has 0 N–H and O–H groups in total. The second-order valence-corrected chi connectivity index (χ2v) is 6.10. The van der Waals surface area contributed by atoms with Crippen LogP contribution in [0.2, 0.25) is 0 Å². The summed E-state index contributed by atoms with van der Waals surface area (Å²) in [4.78, 5) is 16.9. The van der Waals surface area contributed by atoms with E-state index < -0.39 is 0 Å². The third kappa shape index (κ3) is 3.60. The Kier molecular flexibility index (Phi) is 5.05.